The smallest absolute Gasteiger partial charge is 0.0391 e. The van der Waals surface area contributed by atoms with Crippen LogP contribution in [0.2, 0.25) is 0 Å². The Kier molecular flexibility index (Phi) is 3.72. The van der Waals surface area contributed by atoms with E-state index in [-0.39, 0.29) is 0 Å². The molecule has 1 heterocycles. The number of rotatable bonds is 3. The van der Waals surface area contributed by atoms with Crippen molar-refractivity contribution < 1.29 is 0 Å². The second kappa shape index (κ2) is 5.48. The van der Waals surface area contributed by atoms with Crippen LogP contribution in [0.15, 0.2) is 41.8 Å². The third kappa shape index (κ3) is 2.60. The molecule has 19 heavy (non-hydrogen) atoms. The van der Waals surface area contributed by atoms with Crippen molar-refractivity contribution in [3.63, 3.8) is 0 Å². The SMILES string of the molecule is CC1CCC(N[C@H](C)c2cccs2)c2ccccc21. The number of nitrogens with one attached hydrogen (secondary N) is 1. The van der Waals surface area contributed by atoms with Crippen molar-refractivity contribution in [2.24, 2.45) is 0 Å². The highest BCUT2D eigenvalue weighted by Gasteiger charge is 2.25. The van der Waals surface area contributed by atoms with Gasteiger partial charge in [0.05, 0.1) is 0 Å². The maximum atomic E-state index is 3.81. The van der Waals surface area contributed by atoms with Gasteiger partial charge in [-0.05, 0) is 48.3 Å². The minimum absolute atomic E-state index is 0.437. The molecule has 0 bridgehead atoms. The molecular weight excluding hydrogens is 250 g/mol. The first-order chi connectivity index (χ1) is 9.25. The van der Waals surface area contributed by atoms with E-state index < -0.39 is 0 Å². The van der Waals surface area contributed by atoms with Crippen molar-refractivity contribution >= 4 is 11.3 Å². The number of hydrogen-bond donors (Lipinski definition) is 1. The molecule has 3 atom stereocenters. The summed E-state index contributed by atoms with van der Waals surface area (Å²) in [4.78, 5) is 1.43. The highest BCUT2D eigenvalue weighted by molar-refractivity contribution is 7.10. The summed E-state index contributed by atoms with van der Waals surface area (Å²) in [5, 5.41) is 5.97. The standard InChI is InChI=1S/C17H21NS/c1-12-9-10-16(15-7-4-3-6-14(12)15)18-13(2)17-8-5-11-19-17/h3-8,11-13,16,18H,9-10H2,1-2H3/t12?,13-,16?/m1/s1. The van der Waals surface area contributed by atoms with Gasteiger partial charge in [0.25, 0.3) is 0 Å². The molecule has 100 valence electrons. The second-order valence-electron chi connectivity index (χ2n) is 5.56. The van der Waals surface area contributed by atoms with Crippen LogP contribution >= 0.6 is 11.3 Å². The zero-order valence-corrected chi connectivity index (χ0v) is 12.4. The van der Waals surface area contributed by atoms with Gasteiger partial charge in [-0.2, -0.15) is 0 Å². The second-order valence-corrected chi connectivity index (χ2v) is 6.54. The molecule has 2 aromatic rings. The van der Waals surface area contributed by atoms with E-state index >= 15 is 0 Å². The van der Waals surface area contributed by atoms with Crippen LogP contribution < -0.4 is 5.32 Å². The van der Waals surface area contributed by atoms with Gasteiger partial charge in [0.2, 0.25) is 0 Å². The normalized spacial score (nSPS) is 23.9. The van der Waals surface area contributed by atoms with Gasteiger partial charge in [-0.1, -0.05) is 37.3 Å². The van der Waals surface area contributed by atoms with Gasteiger partial charge in [-0.25, -0.2) is 0 Å². The molecule has 1 N–H and O–H groups in total. The van der Waals surface area contributed by atoms with Crippen LogP contribution in [-0.2, 0) is 0 Å². The van der Waals surface area contributed by atoms with E-state index in [0.29, 0.717) is 18.0 Å². The van der Waals surface area contributed by atoms with Gasteiger partial charge in [-0.3, -0.25) is 0 Å². The Morgan fingerprint density at radius 3 is 2.63 bits per heavy atom. The number of thiophene rings is 1. The first kappa shape index (κ1) is 12.9. The first-order valence-corrected chi connectivity index (χ1v) is 8.02. The summed E-state index contributed by atoms with van der Waals surface area (Å²) in [5.74, 6) is 0.700. The van der Waals surface area contributed by atoms with E-state index in [1.165, 1.54) is 28.8 Å². The Balaban J connectivity index is 1.81. The molecule has 0 saturated heterocycles. The summed E-state index contributed by atoms with van der Waals surface area (Å²) < 4.78 is 0. The predicted molar refractivity (Wildman–Crippen MR) is 82.7 cm³/mol. The van der Waals surface area contributed by atoms with Crippen molar-refractivity contribution in [1.29, 1.82) is 0 Å². The van der Waals surface area contributed by atoms with Crippen LogP contribution in [0.1, 0.15) is 60.7 Å². The molecule has 1 aliphatic rings. The van der Waals surface area contributed by atoms with Gasteiger partial charge in [0, 0.05) is 17.0 Å². The fourth-order valence-electron chi connectivity index (χ4n) is 3.10. The van der Waals surface area contributed by atoms with Gasteiger partial charge < -0.3 is 5.32 Å². The zero-order chi connectivity index (χ0) is 13.2. The molecule has 2 heteroatoms. The quantitative estimate of drug-likeness (QED) is 0.825. The third-order valence-electron chi connectivity index (χ3n) is 4.21. The summed E-state index contributed by atoms with van der Waals surface area (Å²) in [7, 11) is 0. The molecule has 1 aromatic heterocycles. The Labute approximate surface area is 119 Å². The molecule has 1 aromatic carbocycles. The highest BCUT2D eigenvalue weighted by Crippen LogP contribution is 2.38. The summed E-state index contributed by atoms with van der Waals surface area (Å²) in [5.41, 5.74) is 3.04. The molecule has 0 saturated carbocycles. The maximum Gasteiger partial charge on any atom is 0.0391 e. The van der Waals surface area contributed by atoms with Crippen LogP contribution in [-0.4, -0.2) is 0 Å². The van der Waals surface area contributed by atoms with Crippen LogP contribution in [0.4, 0.5) is 0 Å². The van der Waals surface area contributed by atoms with Crippen LogP contribution in [0, 0.1) is 0 Å². The van der Waals surface area contributed by atoms with Crippen molar-refractivity contribution in [2.45, 2.75) is 44.7 Å². The topological polar surface area (TPSA) is 12.0 Å². The van der Waals surface area contributed by atoms with Crippen molar-refractivity contribution in [1.82, 2.24) is 5.32 Å². The lowest BCUT2D eigenvalue weighted by molar-refractivity contribution is 0.398. The molecule has 0 radical (unpaired) electrons. The monoisotopic (exact) mass is 271 g/mol. The fourth-order valence-corrected chi connectivity index (χ4v) is 3.84. The Morgan fingerprint density at radius 2 is 1.89 bits per heavy atom. The van der Waals surface area contributed by atoms with Gasteiger partial charge in [0.15, 0.2) is 0 Å². The van der Waals surface area contributed by atoms with E-state index in [9.17, 15) is 0 Å². The minimum Gasteiger partial charge on any atom is -0.303 e. The Hall–Kier alpha value is -1.12. The van der Waals surface area contributed by atoms with Gasteiger partial charge in [0.1, 0.15) is 0 Å². The average molecular weight is 271 g/mol. The molecule has 1 aliphatic carbocycles. The third-order valence-corrected chi connectivity index (χ3v) is 5.27. The summed E-state index contributed by atoms with van der Waals surface area (Å²) in [6.07, 6.45) is 2.53. The van der Waals surface area contributed by atoms with Gasteiger partial charge in [-0.15, -0.1) is 11.3 Å². The predicted octanol–water partition coefficient (Wildman–Crippen LogP) is 5.04. The largest absolute Gasteiger partial charge is 0.303 e. The molecule has 0 amide bonds. The van der Waals surface area contributed by atoms with Crippen LogP contribution in [0.5, 0.6) is 0 Å². The Bertz CT molecular complexity index is 532. The van der Waals surface area contributed by atoms with Crippen molar-refractivity contribution in [3.05, 3.63) is 57.8 Å². The first-order valence-electron chi connectivity index (χ1n) is 7.14. The lowest BCUT2D eigenvalue weighted by Gasteiger charge is -2.32. The molecule has 3 rings (SSSR count). The van der Waals surface area contributed by atoms with E-state index in [1.54, 1.807) is 0 Å². The Morgan fingerprint density at radius 1 is 1.11 bits per heavy atom. The lowest BCUT2D eigenvalue weighted by atomic mass is 9.81. The van der Waals surface area contributed by atoms with Crippen molar-refractivity contribution in [3.8, 4) is 0 Å². The fraction of sp³-hybridized carbons (Fsp3) is 0.412. The zero-order valence-electron chi connectivity index (χ0n) is 11.6. The molecule has 0 fully saturated rings. The number of hydrogen-bond acceptors (Lipinski definition) is 2. The lowest BCUT2D eigenvalue weighted by Crippen LogP contribution is -2.28. The average Bonchev–Trinajstić information content (AvgIpc) is 2.96. The van der Waals surface area contributed by atoms with E-state index in [1.807, 2.05) is 11.3 Å². The van der Waals surface area contributed by atoms with E-state index in [4.69, 9.17) is 0 Å². The molecule has 1 nitrogen and oxygen atoms in total. The van der Waals surface area contributed by atoms with E-state index in [2.05, 4.69) is 60.9 Å². The summed E-state index contributed by atoms with van der Waals surface area (Å²) in [6.45, 7) is 4.62. The summed E-state index contributed by atoms with van der Waals surface area (Å²) in [6, 6.07) is 14.2. The molecule has 2 unspecified atom stereocenters. The molecule has 0 aliphatic heterocycles. The summed E-state index contributed by atoms with van der Waals surface area (Å²) >= 11 is 1.84. The molecule has 0 spiro atoms. The van der Waals surface area contributed by atoms with Crippen molar-refractivity contribution in [2.75, 3.05) is 0 Å². The van der Waals surface area contributed by atoms with E-state index in [0.717, 1.165) is 0 Å². The maximum absolute atomic E-state index is 3.81. The van der Waals surface area contributed by atoms with Gasteiger partial charge >= 0.3 is 0 Å². The number of benzene rings is 1. The number of fused-ring (bicyclic) bond motifs is 1. The van der Waals surface area contributed by atoms with Crippen LogP contribution in [0.25, 0.3) is 0 Å². The highest BCUT2D eigenvalue weighted by atomic mass is 32.1. The van der Waals surface area contributed by atoms with Crippen LogP contribution in [0.3, 0.4) is 0 Å². The molecular formula is C17H21NS. The minimum atomic E-state index is 0.437.